The lowest BCUT2D eigenvalue weighted by Crippen LogP contribution is -2.31. The lowest BCUT2D eigenvalue weighted by Gasteiger charge is -2.06. The minimum Gasteiger partial charge on any atom is -0.456 e. The quantitative estimate of drug-likeness (QED) is 0.385. The van der Waals surface area contributed by atoms with Crippen LogP contribution in [-0.2, 0) is 20.9 Å². The molecule has 31 heavy (non-hydrogen) atoms. The van der Waals surface area contributed by atoms with E-state index in [0.717, 1.165) is 11.6 Å². The zero-order valence-corrected chi connectivity index (χ0v) is 16.0. The monoisotopic (exact) mass is 422 g/mol. The number of halogens is 1. The van der Waals surface area contributed by atoms with Gasteiger partial charge in [0, 0.05) is 30.3 Å². The van der Waals surface area contributed by atoms with Crippen LogP contribution in [0.1, 0.15) is 15.9 Å². The highest BCUT2D eigenvalue weighted by Gasteiger charge is 2.26. The predicted octanol–water partition coefficient (Wildman–Crippen LogP) is 2.30. The van der Waals surface area contributed by atoms with Crippen molar-refractivity contribution < 1.29 is 33.0 Å². The van der Waals surface area contributed by atoms with Crippen LogP contribution in [0.25, 0.3) is 10.9 Å². The van der Waals surface area contributed by atoms with Crippen molar-refractivity contribution in [3.05, 3.63) is 71.3 Å². The summed E-state index contributed by atoms with van der Waals surface area (Å²) in [5.74, 6) is -1.59. The number of Topliss-reactive ketones (excluding diaryl/α,β-unsaturated/α-hetero) is 1. The van der Waals surface area contributed by atoms with Gasteiger partial charge in [-0.3, -0.25) is 9.59 Å². The van der Waals surface area contributed by atoms with Crippen LogP contribution in [0.4, 0.5) is 4.39 Å². The van der Waals surface area contributed by atoms with Gasteiger partial charge in [-0.25, -0.2) is 9.18 Å². The molecule has 0 saturated carbocycles. The van der Waals surface area contributed by atoms with E-state index < -0.39 is 17.7 Å². The summed E-state index contributed by atoms with van der Waals surface area (Å²) in [7, 11) is 0. The molecule has 156 valence electrons. The smallest absolute Gasteiger partial charge is 0.333 e. The van der Waals surface area contributed by atoms with Gasteiger partial charge >= 0.3 is 5.97 Å². The van der Waals surface area contributed by atoms with Crippen LogP contribution in [0, 0.1) is 5.82 Å². The summed E-state index contributed by atoms with van der Waals surface area (Å²) in [5.41, 5.74) is 1.85. The number of fused-ring (bicyclic) bond motifs is 2. The molecule has 3 heterocycles. The molecule has 8 nitrogen and oxygen atoms in total. The van der Waals surface area contributed by atoms with E-state index in [2.05, 4.69) is 5.32 Å². The summed E-state index contributed by atoms with van der Waals surface area (Å²) >= 11 is 0. The number of cyclic esters (lactones) is 1. The van der Waals surface area contributed by atoms with Gasteiger partial charge in [0.25, 0.3) is 11.7 Å². The summed E-state index contributed by atoms with van der Waals surface area (Å²) in [5, 5.41) is 2.92. The standard InChI is InChI=1S/C22H15FN2O6/c23-13-3-1-12(2-4-13)8-25-9-16(15-6-18-19(7-17(15)25)31-11-30-18)21(27)22(28)24-14-5-20(26)29-10-14/h1-7,9H,8,10-11H2,(H,24,28). The van der Waals surface area contributed by atoms with Crippen molar-refractivity contribution in [2.45, 2.75) is 6.54 Å². The SMILES string of the molecule is O=C1C=C(NC(=O)C(=O)c2cn(Cc3ccc(F)cc3)c3cc4c(cc23)OCO4)CO1. The number of nitrogens with one attached hydrogen (secondary N) is 1. The summed E-state index contributed by atoms with van der Waals surface area (Å²) < 4.78 is 30.6. The molecule has 0 spiro atoms. The molecule has 0 bridgehead atoms. The number of amides is 1. The Hall–Kier alpha value is -4.14. The Morgan fingerprint density at radius 2 is 1.81 bits per heavy atom. The van der Waals surface area contributed by atoms with Gasteiger partial charge in [-0.15, -0.1) is 0 Å². The number of hydrogen-bond acceptors (Lipinski definition) is 6. The van der Waals surface area contributed by atoms with Crippen molar-refractivity contribution >= 4 is 28.6 Å². The molecule has 3 aromatic rings. The lowest BCUT2D eigenvalue weighted by atomic mass is 10.1. The number of benzene rings is 2. The fraction of sp³-hybridized carbons (Fsp3) is 0.136. The lowest BCUT2D eigenvalue weighted by molar-refractivity contribution is -0.135. The average molecular weight is 422 g/mol. The zero-order chi connectivity index (χ0) is 21.5. The highest BCUT2D eigenvalue weighted by Crippen LogP contribution is 2.38. The Balaban J connectivity index is 1.53. The first-order valence-electron chi connectivity index (χ1n) is 9.38. The number of aromatic nitrogens is 1. The third-order valence-electron chi connectivity index (χ3n) is 5.03. The Bertz CT molecular complexity index is 1280. The highest BCUT2D eigenvalue weighted by molar-refractivity contribution is 6.45. The molecule has 0 saturated heterocycles. The largest absolute Gasteiger partial charge is 0.456 e. The number of rotatable bonds is 5. The molecule has 2 aliphatic heterocycles. The normalized spacial score (nSPS) is 14.5. The molecule has 0 radical (unpaired) electrons. The number of nitrogens with zero attached hydrogens (tertiary/aromatic N) is 1. The van der Waals surface area contributed by atoms with Crippen LogP contribution < -0.4 is 14.8 Å². The van der Waals surface area contributed by atoms with E-state index in [0.29, 0.717) is 28.9 Å². The Labute approximate surface area is 174 Å². The number of ketones is 1. The van der Waals surface area contributed by atoms with Crippen LogP contribution in [-0.4, -0.2) is 35.6 Å². The molecule has 2 aromatic carbocycles. The van der Waals surface area contributed by atoms with Crippen LogP contribution >= 0.6 is 0 Å². The number of carbonyl (C=O) groups is 3. The Kier molecular flexibility index (Phi) is 4.43. The van der Waals surface area contributed by atoms with E-state index in [1.165, 1.54) is 12.1 Å². The highest BCUT2D eigenvalue weighted by atomic mass is 19.1. The second-order valence-electron chi connectivity index (χ2n) is 7.08. The van der Waals surface area contributed by atoms with E-state index in [1.807, 2.05) is 0 Å². The number of carbonyl (C=O) groups excluding carboxylic acids is 3. The molecule has 2 aliphatic rings. The summed E-state index contributed by atoms with van der Waals surface area (Å²) in [6, 6.07) is 9.39. The zero-order valence-electron chi connectivity index (χ0n) is 16.0. The maximum atomic E-state index is 13.3. The number of ether oxygens (including phenoxy) is 3. The Morgan fingerprint density at radius 1 is 1.06 bits per heavy atom. The molecule has 9 heteroatoms. The summed E-state index contributed by atoms with van der Waals surface area (Å²) in [6.07, 6.45) is 2.69. The minimum absolute atomic E-state index is 0.0614. The first-order valence-corrected chi connectivity index (χ1v) is 9.38. The fourth-order valence-electron chi connectivity index (χ4n) is 3.55. The van der Waals surface area contributed by atoms with Gasteiger partial charge in [-0.05, 0) is 23.8 Å². The summed E-state index contributed by atoms with van der Waals surface area (Å²) in [4.78, 5) is 36.6. The van der Waals surface area contributed by atoms with Crippen molar-refractivity contribution in [2.24, 2.45) is 0 Å². The van der Waals surface area contributed by atoms with Crippen LogP contribution in [0.3, 0.4) is 0 Å². The van der Waals surface area contributed by atoms with Gasteiger partial charge in [0.1, 0.15) is 12.4 Å². The molecular weight excluding hydrogens is 407 g/mol. The van der Waals surface area contributed by atoms with Gasteiger partial charge in [0.2, 0.25) is 6.79 Å². The van der Waals surface area contributed by atoms with E-state index in [-0.39, 0.29) is 30.5 Å². The second-order valence-corrected chi connectivity index (χ2v) is 7.08. The fourth-order valence-corrected chi connectivity index (χ4v) is 3.55. The van der Waals surface area contributed by atoms with Crippen molar-refractivity contribution in [3.8, 4) is 11.5 Å². The van der Waals surface area contributed by atoms with E-state index >= 15 is 0 Å². The molecule has 0 atom stereocenters. The summed E-state index contributed by atoms with van der Waals surface area (Å²) in [6.45, 7) is 0.313. The van der Waals surface area contributed by atoms with E-state index in [9.17, 15) is 18.8 Å². The minimum atomic E-state index is -0.886. The molecule has 0 unspecified atom stereocenters. The second kappa shape index (κ2) is 7.28. The van der Waals surface area contributed by atoms with Crippen molar-refractivity contribution in [3.63, 3.8) is 0 Å². The van der Waals surface area contributed by atoms with Crippen LogP contribution in [0.5, 0.6) is 11.5 Å². The van der Waals surface area contributed by atoms with Gasteiger partial charge < -0.3 is 24.1 Å². The maximum Gasteiger partial charge on any atom is 0.333 e. The molecular formula is C22H15FN2O6. The third-order valence-corrected chi connectivity index (χ3v) is 5.03. The third kappa shape index (κ3) is 3.50. The molecule has 0 fully saturated rings. The molecule has 1 N–H and O–H groups in total. The van der Waals surface area contributed by atoms with Crippen LogP contribution in [0.2, 0.25) is 0 Å². The first-order chi connectivity index (χ1) is 15.0. The van der Waals surface area contributed by atoms with E-state index in [1.54, 1.807) is 35.0 Å². The van der Waals surface area contributed by atoms with Gasteiger partial charge in [-0.2, -0.15) is 0 Å². The average Bonchev–Trinajstić information content (AvgIpc) is 3.46. The Morgan fingerprint density at radius 3 is 2.52 bits per heavy atom. The number of esters is 1. The maximum absolute atomic E-state index is 13.3. The van der Waals surface area contributed by atoms with Gasteiger partial charge in [0.15, 0.2) is 11.5 Å². The molecule has 1 amide bonds. The number of hydrogen-bond donors (Lipinski definition) is 1. The molecule has 0 aliphatic carbocycles. The van der Waals surface area contributed by atoms with Gasteiger partial charge in [-0.1, -0.05) is 12.1 Å². The van der Waals surface area contributed by atoms with Crippen molar-refractivity contribution in [1.82, 2.24) is 9.88 Å². The molecule has 1 aromatic heterocycles. The van der Waals surface area contributed by atoms with Crippen LogP contribution in [0.15, 0.2) is 54.4 Å². The van der Waals surface area contributed by atoms with E-state index in [4.69, 9.17) is 14.2 Å². The van der Waals surface area contributed by atoms with Gasteiger partial charge in [0.05, 0.1) is 16.8 Å². The molecule has 5 rings (SSSR count). The first kappa shape index (κ1) is 18.9. The predicted molar refractivity (Wildman–Crippen MR) is 105 cm³/mol. The van der Waals surface area contributed by atoms with Crippen molar-refractivity contribution in [2.75, 3.05) is 13.4 Å². The van der Waals surface area contributed by atoms with Crippen molar-refractivity contribution in [1.29, 1.82) is 0 Å². The topological polar surface area (TPSA) is 95.9 Å².